The summed E-state index contributed by atoms with van der Waals surface area (Å²) in [6.07, 6.45) is 2.34. The van der Waals surface area contributed by atoms with E-state index in [4.69, 9.17) is 0 Å². The van der Waals surface area contributed by atoms with Crippen LogP contribution in [0.25, 0.3) is 0 Å². The fourth-order valence-corrected chi connectivity index (χ4v) is 3.20. The Balaban J connectivity index is 1.90. The predicted octanol–water partition coefficient (Wildman–Crippen LogP) is 3.69. The van der Waals surface area contributed by atoms with Crippen LogP contribution in [0.1, 0.15) is 64.2 Å². The zero-order chi connectivity index (χ0) is 21.6. The molecule has 160 valence electrons. The van der Waals surface area contributed by atoms with Gasteiger partial charge in [0, 0.05) is 42.2 Å². The van der Waals surface area contributed by atoms with Crippen LogP contribution in [0.5, 0.6) is 0 Å². The number of carbonyl (C=O) groups excluding carboxylic acids is 3. The summed E-state index contributed by atoms with van der Waals surface area (Å²) in [6.45, 7) is 11.7. The van der Waals surface area contributed by atoms with E-state index in [0.29, 0.717) is 49.6 Å². The smallest absolute Gasteiger partial charge is 0.253 e. The van der Waals surface area contributed by atoms with E-state index in [1.807, 2.05) is 20.8 Å². The van der Waals surface area contributed by atoms with Crippen molar-refractivity contribution in [1.82, 2.24) is 10.2 Å². The normalized spacial score (nSPS) is 15.3. The second kappa shape index (κ2) is 9.90. The van der Waals surface area contributed by atoms with E-state index < -0.39 is 5.41 Å². The molecule has 2 rings (SSSR count). The third kappa shape index (κ3) is 6.87. The van der Waals surface area contributed by atoms with Crippen LogP contribution in [0.15, 0.2) is 24.3 Å². The van der Waals surface area contributed by atoms with Crippen LogP contribution < -0.4 is 10.6 Å². The molecule has 0 saturated carbocycles. The van der Waals surface area contributed by atoms with Crippen LogP contribution in [0, 0.1) is 17.3 Å². The Morgan fingerprint density at radius 1 is 1.14 bits per heavy atom. The van der Waals surface area contributed by atoms with Gasteiger partial charge in [0.05, 0.1) is 0 Å². The SMILES string of the molecule is CC(C)CCNC(=O)C1CCN(C(=O)c2cccc(NC(=O)C(C)(C)C)c2)CC1. The second-order valence-electron chi connectivity index (χ2n) is 9.32. The summed E-state index contributed by atoms with van der Waals surface area (Å²) in [6, 6.07) is 7.05. The van der Waals surface area contributed by atoms with Gasteiger partial charge in [-0.3, -0.25) is 14.4 Å². The number of nitrogens with zero attached hydrogens (tertiary/aromatic N) is 1. The minimum absolute atomic E-state index is 0.0244. The van der Waals surface area contributed by atoms with Gasteiger partial charge in [0.15, 0.2) is 0 Å². The minimum atomic E-state index is -0.502. The standard InChI is InChI=1S/C23H35N3O3/c1-16(2)9-12-24-20(27)17-10-13-26(14-11-17)21(28)18-7-6-8-19(15-18)25-22(29)23(3,4)5/h6-8,15-17H,9-14H2,1-5H3,(H,24,27)(H,25,29). The first-order chi connectivity index (χ1) is 13.6. The fourth-order valence-electron chi connectivity index (χ4n) is 3.20. The molecular weight excluding hydrogens is 366 g/mol. The monoisotopic (exact) mass is 401 g/mol. The molecule has 6 nitrogen and oxygen atoms in total. The molecule has 0 radical (unpaired) electrons. The third-order valence-electron chi connectivity index (χ3n) is 5.22. The Hall–Kier alpha value is -2.37. The number of hydrogen-bond donors (Lipinski definition) is 2. The van der Waals surface area contributed by atoms with Crippen LogP contribution in [-0.2, 0) is 9.59 Å². The number of benzene rings is 1. The van der Waals surface area contributed by atoms with E-state index in [0.717, 1.165) is 6.42 Å². The highest BCUT2D eigenvalue weighted by Gasteiger charge is 2.28. The predicted molar refractivity (Wildman–Crippen MR) is 116 cm³/mol. The Kier molecular flexibility index (Phi) is 7.82. The number of likely N-dealkylation sites (tertiary alicyclic amines) is 1. The topological polar surface area (TPSA) is 78.5 Å². The summed E-state index contributed by atoms with van der Waals surface area (Å²) in [5.74, 6) is 0.494. The van der Waals surface area contributed by atoms with Crippen LogP contribution in [0.2, 0.25) is 0 Å². The molecule has 0 bridgehead atoms. The van der Waals surface area contributed by atoms with Crippen molar-refractivity contribution in [2.45, 2.75) is 53.9 Å². The number of amides is 3. The number of carbonyl (C=O) groups is 3. The highest BCUT2D eigenvalue weighted by Crippen LogP contribution is 2.22. The van der Waals surface area contributed by atoms with E-state index in [2.05, 4.69) is 24.5 Å². The summed E-state index contributed by atoms with van der Waals surface area (Å²) < 4.78 is 0. The number of rotatable bonds is 6. The van der Waals surface area contributed by atoms with Crippen LogP contribution in [-0.4, -0.2) is 42.3 Å². The second-order valence-corrected chi connectivity index (χ2v) is 9.32. The van der Waals surface area contributed by atoms with Crippen LogP contribution >= 0.6 is 0 Å². The lowest BCUT2D eigenvalue weighted by atomic mass is 9.95. The lowest BCUT2D eigenvalue weighted by Gasteiger charge is -2.31. The van der Waals surface area contributed by atoms with Crippen molar-refractivity contribution in [2.24, 2.45) is 17.3 Å². The lowest BCUT2D eigenvalue weighted by molar-refractivity contribution is -0.126. The summed E-state index contributed by atoms with van der Waals surface area (Å²) in [5, 5.41) is 5.88. The lowest BCUT2D eigenvalue weighted by Crippen LogP contribution is -2.43. The summed E-state index contributed by atoms with van der Waals surface area (Å²) >= 11 is 0. The maximum Gasteiger partial charge on any atom is 0.253 e. The maximum absolute atomic E-state index is 12.9. The van der Waals surface area contributed by atoms with Gasteiger partial charge < -0.3 is 15.5 Å². The molecule has 29 heavy (non-hydrogen) atoms. The van der Waals surface area contributed by atoms with Gasteiger partial charge >= 0.3 is 0 Å². The fraction of sp³-hybridized carbons (Fsp3) is 0.609. The molecule has 0 unspecified atom stereocenters. The molecule has 1 aliphatic heterocycles. The Bertz CT molecular complexity index is 729. The van der Waals surface area contributed by atoms with Crippen molar-refractivity contribution in [1.29, 1.82) is 0 Å². The molecule has 0 spiro atoms. The van der Waals surface area contributed by atoms with Gasteiger partial charge in [0.1, 0.15) is 0 Å². The van der Waals surface area contributed by atoms with Crippen molar-refractivity contribution in [3.05, 3.63) is 29.8 Å². The zero-order valence-electron chi connectivity index (χ0n) is 18.4. The van der Waals surface area contributed by atoms with Crippen LogP contribution in [0.3, 0.4) is 0 Å². The van der Waals surface area contributed by atoms with Gasteiger partial charge in [0.2, 0.25) is 11.8 Å². The first kappa shape index (κ1) is 22.9. The summed E-state index contributed by atoms with van der Waals surface area (Å²) in [7, 11) is 0. The van der Waals surface area contributed by atoms with Crippen molar-refractivity contribution < 1.29 is 14.4 Å². The molecule has 1 heterocycles. The largest absolute Gasteiger partial charge is 0.356 e. The quantitative estimate of drug-likeness (QED) is 0.763. The number of nitrogens with one attached hydrogen (secondary N) is 2. The number of piperidine rings is 1. The molecule has 0 aromatic heterocycles. The van der Waals surface area contributed by atoms with Gasteiger partial charge in [-0.2, -0.15) is 0 Å². The van der Waals surface area contributed by atoms with E-state index in [9.17, 15) is 14.4 Å². The summed E-state index contributed by atoms with van der Waals surface area (Å²) in [4.78, 5) is 39.1. The summed E-state index contributed by atoms with van der Waals surface area (Å²) in [5.41, 5.74) is 0.671. The Morgan fingerprint density at radius 2 is 1.79 bits per heavy atom. The Morgan fingerprint density at radius 3 is 2.38 bits per heavy atom. The van der Waals surface area contributed by atoms with Crippen molar-refractivity contribution in [3.8, 4) is 0 Å². The van der Waals surface area contributed by atoms with Crippen molar-refractivity contribution in [2.75, 3.05) is 25.0 Å². The average Bonchev–Trinajstić information content (AvgIpc) is 2.66. The van der Waals surface area contributed by atoms with E-state index >= 15 is 0 Å². The zero-order valence-corrected chi connectivity index (χ0v) is 18.4. The highest BCUT2D eigenvalue weighted by molar-refractivity contribution is 5.98. The maximum atomic E-state index is 12.9. The minimum Gasteiger partial charge on any atom is -0.356 e. The van der Waals surface area contributed by atoms with Gasteiger partial charge in [-0.25, -0.2) is 0 Å². The van der Waals surface area contributed by atoms with Gasteiger partial charge in [-0.05, 0) is 43.4 Å². The molecular formula is C23H35N3O3. The molecule has 1 aromatic carbocycles. The number of anilines is 1. The molecule has 6 heteroatoms. The van der Waals surface area contributed by atoms with Gasteiger partial charge in [-0.1, -0.05) is 40.7 Å². The molecule has 1 saturated heterocycles. The van der Waals surface area contributed by atoms with E-state index in [1.54, 1.807) is 29.2 Å². The molecule has 1 aliphatic rings. The number of hydrogen-bond acceptors (Lipinski definition) is 3. The molecule has 1 aromatic rings. The average molecular weight is 402 g/mol. The van der Waals surface area contributed by atoms with Gasteiger partial charge in [0.25, 0.3) is 5.91 Å². The van der Waals surface area contributed by atoms with Crippen LogP contribution in [0.4, 0.5) is 5.69 Å². The van der Waals surface area contributed by atoms with E-state index in [1.165, 1.54) is 0 Å². The highest BCUT2D eigenvalue weighted by atomic mass is 16.2. The molecule has 2 N–H and O–H groups in total. The first-order valence-electron chi connectivity index (χ1n) is 10.6. The van der Waals surface area contributed by atoms with E-state index in [-0.39, 0.29) is 23.6 Å². The third-order valence-corrected chi connectivity index (χ3v) is 5.22. The van der Waals surface area contributed by atoms with Crippen molar-refractivity contribution in [3.63, 3.8) is 0 Å². The molecule has 3 amide bonds. The molecule has 0 atom stereocenters. The molecule has 0 aliphatic carbocycles. The van der Waals surface area contributed by atoms with Crippen molar-refractivity contribution >= 4 is 23.4 Å². The van der Waals surface area contributed by atoms with Gasteiger partial charge in [-0.15, -0.1) is 0 Å². The first-order valence-corrected chi connectivity index (χ1v) is 10.6. The Labute approximate surface area is 174 Å². The molecule has 1 fully saturated rings.